The maximum absolute atomic E-state index is 12.1. The molecule has 2 aliphatic rings. The van der Waals surface area contributed by atoms with E-state index < -0.39 is 34.3 Å². The quantitative estimate of drug-likeness (QED) is 0.413. The fraction of sp³-hybridized carbons (Fsp3) is 0.278. The summed E-state index contributed by atoms with van der Waals surface area (Å²) in [5.74, 6) is -1.84. The van der Waals surface area contributed by atoms with Gasteiger partial charge in [0.15, 0.2) is 6.10 Å². The molecule has 2 fully saturated rings. The highest BCUT2D eigenvalue weighted by Gasteiger charge is 2.79. The van der Waals surface area contributed by atoms with Crippen molar-refractivity contribution in [3.63, 3.8) is 0 Å². The van der Waals surface area contributed by atoms with Gasteiger partial charge >= 0.3 is 5.97 Å². The van der Waals surface area contributed by atoms with E-state index in [0.29, 0.717) is 11.1 Å². The van der Waals surface area contributed by atoms with Crippen LogP contribution in [0.5, 0.6) is 0 Å². The number of rotatable bonds is 7. The fourth-order valence-electron chi connectivity index (χ4n) is 2.62. The lowest BCUT2D eigenvalue weighted by Gasteiger charge is -2.03. The Morgan fingerprint density at radius 2 is 1.65 bits per heavy atom. The molecule has 8 heteroatoms. The summed E-state index contributed by atoms with van der Waals surface area (Å²) in [4.78, 5) is 11.9. The number of hydrogen-bond donors (Lipinski definition) is 0. The zero-order valence-electron chi connectivity index (χ0n) is 13.6. The van der Waals surface area contributed by atoms with E-state index in [1.807, 2.05) is 0 Å². The Morgan fingerprint density at radius 1 is 1.00 bits per heavy atom. The summed E-state index contributed by atoms with van der Waals surface area (Å²) in [5, 5.41) is 0. The molecule has 26 heavy (non-hydrogen) atoms. The number of epoxide rings is 2. The largest absolute Gasteiger partial charge is 0.459 e. The van der Waals surface area contributed by atoms with Crippen molar-refractivity contribution in [2.75, 3.05) is 6.61 Å². The van der Waals surface area contributed by atoms with E-state index >= 15 is 0 Å². The summed E-state index contributed by atoms with van der Waals surface area (Å²) in [5.41, 5.74) is 1.05. The van der Waals surface area contributed by atoms with Gasteiger partial charge in [-0.15, -0.1) is 0 Å². The second-order valence-electron chi connectivity index (χ2n) is 6.03. The van der Waals surface area contributed by atoms with Crippen LogP contribution < -0.4 is 0 Å². The van der Waals surface area contributed by atoms with Crippen molar-refractivity contribution in [3.8, 4) is 0 Å². The van der Waals surface area contributed by atoms with E-state index in [1.54, 1.807) is 60.7 Å². The van der Waals surface area contributed by atoms with Gasteiger partial charge in [-0.25, -0.2) is 8.98 Å². The molecular formula is C18H16O7S. The van der Waals surface area contributed by atoms with Crippen molar-refractivity contribution < 1.29 is 31.6 Å². The molecule has 2 saturated heterocycles. The van der Waals surface area contributed by atoms with E-state index in [9.17, 15) is 13.2 Å². The molecule has 7 nitrogen and oxygen atoms in total. The second-order valence-corrected chi connectivity index (χ2v) is 7.62. The number of carbonyl (C=O) groups excluding carboxylic acids is 1. The SMILES string of the molecule is O=C(OCC1OC12OC2OS(=O)(=O)Cc1ccccc1)c1ccccc1. The molecular weight excluding hydrogens is 360 g/mol. The third-order valence-corrected chi connectivity index (χ3v) is 5.23. The first-order valence-electron chi connectivity index (χ1n) is 8.01. The standard InChI is InChI=1S/C18H16O7S/c19-16(14-9-5-2-6-10-14)22-11-15-18(23-15)17(24-18)25-26(20,21)12-13-7-3-1-4-8-13/h1-10,15,17H,11-12H2. The molecule has 1 spiro atoms. The minimum Gasteiger partial charge on any atom is -0.459 e. The summed E-state index contributed by atoms with van der Waals surface area (Å²) < 4.78 is 44.9. The van der Waals surface area contributed by atoms with Crippen LogP contribution in [-0.4, -0.2) is 39.2 Å². The summed E-state index contributed by atoms with van der Waals surface area (Å²) in [6.07, 6.45) is -1.54. The first-order chi connectivity index (χ1) is 12.5. The molecule has 4 rings (SSSR count). The van der Waals surface area contributed by atoms with Gasteiger partial charge in [-0.1, -0.05) is 48.5 Å². The van der Waals surface area contributed by atoms with Crippen molar-refractivity contribution in [2.45, 2.75) is 23.9 Å². The maximum atomic E-state index is 12.1. The zero-order valence-corrected chi connectivity index (χ0v) is 14.4. The highest BCUT2D eigenvalue weighted by atomic mass is 32.2. The van der Waals surface area contributed by atoms with Crippen molar-refractivity contribution in [3.05, 3.63) is 71.8 Å². The minimum atomic E-state index is -3.81. The number of esters is 1. The van der Waals surface area contributed by atoms with Gasteiger partial charge < -0.3 is 14.2 Å². The molecule has 0 aliphatic carbocycles. The molecule has 2 aliphatic heterocycles. The molecule has 2 aromatic carbocycles. The second kappa shape index (κ2) is 6.48. The lowest BCUT2D eigenvalue weighted by Crippen LogP contribution is -2.16. The third-order valence-electron chi connectivity index (χ3n) is 4.08. The van der Waals surface area contributed by atoms with Crippen LogP contribution in [0, 0.1) is 0 Å². The van der Waals surface area contributed by atoms with Gasteiger partial charge in [-0.3, -0.25) is 0 Å². The molecule has 2 aromatic rings. The molecule has 3 atom stereocenters. The highest BCUT2D eigenvalue weighted by molar-refractivity contribution is 7.85. The number of carbonyl (C=O) groups is 1. The van der Waals surface area contributed by atoms with Crippen molar-refractivity contribution in [1.82, 2.24) is 0 Å². The molecule has 0 radical (unpaired) electrons. The molecule has 136 valence electrons. The van der Waals surface area contributed by atoms with E-state index in [1.165, 1.54) is 0 Å². The number of hydrogen-bond acceptors (Lipinski definition) is 7. The first-order valence-corrected chi connectivity index (χ1v) is 9.59. The van der Waals surface area contributed by atoms with Crippen LogP contribution in [0.3, 0.4) is 0 Å². The van der Waals surface area contributed by atoms with Crippen LogP contribution in [0.4, 0.5) is 0 Å². The smallest absolute Gasteiger partial charge is 0.338 e. The average molecular weight is 376 g/mol. The monoisotopic (exact) mass is 376 g/mol. The van der Waals surface area contributed by atoms with Gasteiger partial charge in [0.05, 0.1) is 5.56 Å². The van der Waals surface area contributed by atoms with Crippen LogP contribution in [0.2, 0.25) is 0 Å². The molecule has 0 bridgehead atoms. The first kappa shape index (κ1) is 17.2. The van der Waals surface area contributed by atoms with Crippen LogP contribution in [0.25, 0.3) is 0 Å². The fourth-order valence-corrected chi connectivity index (χ4v) is 3.73. The van der Waals surface area contributed by atoms with Gasteiger partial charge in [0.25, 0.3) is 15.9 Å². The molecule has 0 saturated carbocycles. The van der Waals surface area contributed by atoms with E-state index in [-0.39, 0.29) is 12.4 Å². The Balaban J connectivity index is 1.26. The summed E-state index contributed by atoms with van der Waals surface area (Å²) in [7, 11) is -3.81. The lowest BCUT2D eigenvalue weighted by atomic mass is 10.2. The normalized spacial score (nSPS) is 26.5. The van der Waals surface area contributed by atoms with Crippen molar-refractivity contribution >= 4 is 16.1 Å². The van der Waals surface area contributed by atoms with Crippen LogP contribution in [0.1, 0.15) is 15.9 Å². The Hall–Kier alpha value is -2.26. The van der Waals surface area contributed by atoms with Crippen LogP contribution in [-0.2, 0) is 34.3 Å². The van der Waals surface area contributed by atoms with Gasteiger partial charge in [0, 0.05) is 0 Å². The van der Waals surface area contributed by atoms with Gasteiger partial charge in [0.2, 0.25) is 6.29 Å². The van der Waals surface area contributed by atoms with Gasteiger partial charge in [0.1, 0.15) is 12.4 Å². The van der Waals surface area contributed by atoms with Crippen molar-refractivity contribution in [2.24, 2.45) is 0 Å². The predicted octanol–water partition coefficient (Wildman–Crippen LogP) is 1.84. The highest BCUT2D eigenvalue weighted by Crippen LogP contribution is 2.56. The molecule has 3 unspecified atom stereocenters. The lowest BCUT2D eigenvalue weighted by molar-refractivity contribution is 0.0476. The minimum absolute atomic E-state index is 0.0354. The average Bonchev–Trinajstić information content (AvgIpc) is 3.51. The molecule has 0 aromatic heterocycles. The Kier molecular flexibility index (Phi) is 4.28. The molecule has 0 N–H and O–H groups in total. The number of benzene rings is 2. The molecule has 2 heterocycles. The third kappa shape index (κ3) is 3.63. The van der Waals surface area contributed by atoms with Gasteiger partial charge in [-0.2, -0.15) is 8.42 Å². The van der Waals surface area contributed by atoms with Crippen molar-refractivity contribution in [1.29, 1.82) is 0 Å². The van der Waals surface area contributed by atoms with Gasteiger partial charge in [-0.05, 0) is 17.7 Å². The zero-order chi connectivity index (χ0) is 18.2. The topological polar surface area (TPSA) is 94.7 Å². The van der Waals surface area contributed by atoms with Crippen LogP contribution in [0.15, 0.2) is 60.7 Å². The molecule has 0 amide bonds. The Bertz CT molecular complexity index is 898. The Morgan fingerprint density at radius 3 is 2.35 bits per heavy atom. The van der Waals surface area contributed by atoms with Crippen LogP contribution >= 0.6 is 0 Å². The maximum Gasteiger partial charge on any atom is 0.338 e. The van der Waals surface area contributed by atoms with E-state index in [0.717, 1.165) is 0 Å². The predicted molar refractivity (Wildman–Crippen MR) is 89.4 cm³/mol. The van der Waals surface area contributed by atoms with E-state index in [2.05, 4.69) is 0 Å². The Labute approximate surface area is 150 Å². The number of ether oxygens (including phenoxy) is 3. The van der Waals surface area contributed by atoms with E-state index in [4.69, 9.17) is 18.4 Å². The summed E-state index contributed by atoms with van der Waals surface area (Å²) in [6.45, 7) is -0.0354. The summed E-state index contributed by atoms with van der Waals surface area (Å²) >= 11 is 0. The summed E-state index contributed by atoms with van der Waals surface area (Å²) in [6, 6.07) is 17.2.